The summed E-state index contributed by atoms with van der Waals surface area (Å²) >= 11 is 0. The fourth-order valence-corrected chi connectivity index (χ4v) is 4.46. The van der Waals surface area contributed by atoms with E-state index in [4.69, 9.17) is 0 Å². The standard InChI is InChI=1S/C13H21N3O2S/c1-10-6-8-16(11(2)9-10)19(17,18)12-5-4-7-15-13(12)14-3/h4-5,7,10-11H,6,8-9H2,1-3H3,(H,14,15). The topological polar surface area (TPSA) is 62.3 Å². The van der Waals surface area contributed by atoms with E-state index in [1.807, 2.05) is 6.92 Å². The zero-order chi connectivity index (χ0) is 14.0. The van der Waals surface area contributed by atoms with Crippen molar-refractivity contribution in [2.24, 2.45) is 5.92 Å². The molecule has 0 radical (unpaired) electrons. The highest BCUT2D eigenvalue weighted by Crippen LogP contribution is 2.30. The second-order valence-electron chi connectivity index (χ2n) is 5.19. The molecule has 2 heterocycles. The van der Waals surface area contributed by atoms with Crippen LogP contribution in [0.25, 0.3) is 0 Å². The maximum absolute atomic E-state index is 12.7. The fourth-order valence-electron chi connectivity index (χ4n) is 2.66. The molecular weight excluding hydrogens is 262 g/mol. The number of sulfonamides is 1. The van der Waals surface area contributed by atoms with Gasteiger partial charge in [0, 0.05) is 25.8 Å². The van der Waals surface area contributed by atoms with E-state index in [1.54, 1.807) is 29.7 Å². The number of aromatic nitrogens is 1. The maximum Gasteiger partial charge on any atom is 0.246 e. The van der Waals surface area contributed by atoms with Crippen LogP contribution in [-0.4, -0.2) is 37.3 Å². The van der Waals surface area contributed by atoms with Gasteiger partial charge < -0.3 is 5.32 Å². The smallest absolute Gasteiger partial charge is 0.246 e. The van der Waals surface area contributed by atoms with Crippen LogP contribution in [0.5, 0.6) is 0 Å². The Kier molecular flexibility index (Phi) is 4.10. The van der Waals surface area contributed by atoms with E-state index < -0.39 is 10.0 Å². The number of hydrogen-bond acceptors (Lipinski definition) is 4. The van der Waals surface area contributed by atoms with E-state index in [9.17, 15) is 8.42 Å². The molecule has 2 unspecified atom stereocenters. The van der Waals surface area contributed by atoms with Gasteiger partial charge in [-0.15, -0.1) is 0 Å². The molecule has 2 rings (SSSR count). The highest BCUT2D eigenvalue weighted by atomic mass is 32.2. The lowest BCUT2D eigenvalue weighted by Gasteiger charge is -2.35. The molecule has 0 bridgehead atoms. The van der Waals surface area contributed by atoms with Crippen LogP contribution in [-0.2, 0) is 10.0 Å². The molecule has 0 aliphatic carbocycles. The van der Waals surface area contributed by atoms with Crippen molar-refractivity contribution in [2.75, 3.05) is 18.9 Å². The SMILES string of the molecule is CNc1ncccc1S(=O)(=O)N1CCC(C)CC1C. The zero-order valence-corrected chi connectivity index (χ0v) is 12.4. The minimum absolute atomic E-state index is 0.0404. The quantitative estimate of drug-likeness (QED) is 0.920. The predicted molar refractivity (Wildman–Crippen MR) is 75.5 cm³/mol. The summed E-state index contributed by atoms with van der Waals surface area (Å²) in [7, 11) is -1.79. The van der Waals surface area contributed by atoms with Gasteiger partial charge in [0.15, 0.2) is 0 Å². The van der Waals surface area contributed by atoms with Crippen LogP contribution in [0.3, 0.4) is 0 Å². The summed E-state index contributed by atoms with van der Waals surface area (Å²) in [6.45, 7) is 4.73. The Bertz CT molecular complexity index is 545. The first-order chi connectivity index (χ1) is 8.96. The third-order valence-electron chi connectivity index (χ3n) is 3.67. The Hall–Kier alpha value is -1.14. The average Bonchev–Trinajstić information content (AvgIpc) is 2.38. The molecule has 1 aromatic heterocycles. The van der Waals surface area contributed by atoms with Crippen molar-refractivity contribution >= 4 is 15.8 Å². The lowest BCUT2D eigenvalue weighted by Crippen LogP contribution is -2.44. The van der Waals surface area contributed by atoms with Crippen molar-refractivity contribution in [3.63, 3.8) is 0 Å². The second-order valence-corrected chi connectivity index (χ2v) is 7.05. The number of nitrogens with one attached hydrogen (secondary N) is 1. The third kappa shape index (κ3) is 2.74. The van der Waals surface area contributed by atoms with Gasteiger partial charge in [0.05, 0.1) is 0 Å². The normalized spacial score (nSPS) is 25.2. The van der Waals surface area contributed by atoms with Crippen molar-refractivity contribution in [3.05, 3.63) is 18.3 Å². The number of pyridine rings is 1. The molecule has 1 aromatic rings. The molecule has 0 amide bonds. The largest absolute Gasteiger partial charge is 0.372 e. The molecule has 0 spiro atoms. The van der Waals surface area contributed by atoms with Crippen LogP contribution < -0.4 is 5.32 Å². The zero-order valence-electron chi connectivity index (χ0n) is 11.6. The van der Waals surface area contributed by atoms with Gasteiger partial charge in [-0.2, -0.15) is 4.31 Å². The molecular formula is C13H21N3O2S. The number of rotatable bonds is 3. The Morgan fingerprint density at radius 2 is 2.16 bits per heavy atom. The molecule has 0 aromatic carbocycles. The van der Waals surface area contributed by atoms with Gasteiger partial charge in [0.2, 0.25) is 10.0 Å². The van der Waals surface area contributed by atoms with Crippen molar-refractivity contribution in [2.45, 2.75) is 37.6 Å². The van der Waals surface area contributed by atoms with E-state index >= 15 is 0 Å². The van der Waals surface area contributed by atoms with Crippen LogP contribution in [0, 0.1) is 5.92 Å². The first-order valence-electron chi connectivity index (χ1n) is 6.61. The summed E-state index contributed by atoms with van der Waals surface area (Å²) in [5.41, 5.74) is 0. The molecule has 106 valence electrons. The van der Waals surface area contributed by atoms with E-state index in [1.165, 1.54) is 0 Å². The number of piperidine rings is 1. The van der Waals surface area contributed by atoms with Crippen LogP contribution in [0.1, 0.15) is 26.7 Å². The predicted octanol–water partition coefficient (Wildman–Crippen LogP) is 1.93. The van der Waals surface area contributed by atoms with Crippen LogP contribution in [0.2, 0.25) is 0 Å². The lowest BCUT2D eigenvalue weighted by atomic mass is 9.95. The van der Waals surface area contributed by atoms with Gasteiger partial charge in [-0.25, -0.2) is 13.4 Å². The highest BCUT2D eigenvalue weighted by molar-refractivity contribution is 7.89. The summed E-state index contributed by atoms with van der Waals surface area (Å²) in [6, 6.07) is 3.31. The molecule has 1 N–H and O–H groups in total. The van der Waals surface area contributed by atoms with Gasteiger partial charge in [0.1, 0.15) is 10.7 Å². The third-order valence-corrected chi connectivity index (χ3v) is 5.72. The maximum atomic E-state index is 12.7. The minimum Gasteiger partial charge on any atom is -0.372 e. The average molecular weight is 283 g/mol. The molecule has 19 heavy (non-hydrogen) atoms. The monoisotopic (exact) mass is 283 g/mol. The molecule has 1 aliphatic heterocycles. The van der Waals surface area contributed by atoms with E-state index in [-0.39, 0.29) is 10.9 Å². The Labute approximate surface area is 115 Å². The number of hydrogen-bond donors (Lipinski definition) is 1. The summed E-state index contributed by atoms with van der Waals surface area (Å²) in [6.07, 6.45) is 3.42. The summed E-state index contributed by atoms with van der Waals surface area (Å²) < 4.78 is 27.1. The molecule has 1 aliphatic rings. The van der Waals surface area contributed by atoms with E-state index in [0.29, 0.717) is 18.3 Å². The summed E-state index contributed by atoms with van der Waals surface area (Å²) in [5.74, 6) is 0.993. The van der Waals surface area contributed by atoms with E-state index in [0.717, 1.165) is 12.8 Å². The molecule has 5 nitrogen and oxygen atoms in total. The summed E-state index contributed by atoms with van der Waals surface area (Å²) in [5, 5.41) is 2.85. The van der Waals surface area contributed by atoms with Crippen LogP contribution in [0.4, 0.5) is 5.82 Å². The molecule has 0 saturated carbocycles. The lowest BCUT2D eigenvalue weighted by molar-refractivity contribution is 0.220. The Balaban J connectivity index is 2.37. The first kappa shape index (κ1) is 14.3. The van der Waals surface area contributed by atoms with Gasteiger partial charge in [-0.05, 0) is 37.8 Å². The van der Waals surface area contributed by atoms with Gasteiger partial charge in [-0.3, -0.25) is 0 Å². The van der Waals surface area contributed by atoms with Crippen molar-refractivity contribution in [1.82, 2.24) is 9.29 Å². The van der Waals surface area contributed by atoms with Crippen molar-refractivity contribution in [3.8, 4) is 0 Å². The molecule has 2 atom stereocenters. The molecule has 6 heteroatoms. The molecule has 1 saturated heterocycles. The van der Waals surface area contributed by atoms with Crippen molar-refractivity contribution < 1.29 is 8.42 Å². The van der Waals surface area contributed by atoms with E-state index in [2.05, 4.69) is 17.2 Å². The fraction of sp³-hybridized carbons (Fsp3) is 0.615. The number of nitrogens with zero attached hydrogens (tertiary/aromatic N) is 2. The highest BCUT2D eigenvalue weighted by Gasteiger charge is 2.34. The Morgan fingerprint density at radius 1 is 1.42 bits per heavy atom. The summed E-state index contributed by atoms with van der Waals surface area (Å²) in [4.78, 5) is 4.34. The van der Waals surface area contributed by atoms with Gasteiger partial charge in [0.25, 0.3) is 0 Å². The number of anilines is 1. The molecule has 1 fully saturated rings. The van der Waals surface area contributed by atoms with Crippen LogP contribution >= 0.6 is 0 Å². The van der Waals surface area contributed by atoms with Crippen LogP contribution in [0.15, 0.2) is 23.2 Å². The second kappa shape index (κ2) is 5.46. The first-order valence-corrected chi connectivity index (χ1v) is 8.05. The van der Waals surface area contributed by atoms with Crippen molar-refractivity contribution in [1.29, 1.82) is 0 Å². The Morgan fingerprint density at radius 3 is 2.79 bits per heavy atom. The van der Waals surface area contributed by atoms with Gasteiger partial charge >= 0.3 is 0 Å². The minimum atomic E-state index is -3.47. The van der Waals surface area contributed by atoms with Gasteiger partial charge in [-0.1, -0.05) is 6.92 Å².